The van der Waals surface area contributed by atoms with E-state index >= 15 is 0 Å². The largest absolute Gasteiger partial charge is 0.508 e. The highest BCUT2D eigenvalue weighted by Crippen LogP contribution is 2.27. The first-order chi connectivity index (χ1) is 11.0. The molecule has 0 spiro atoms. The van der Waals surface area contributed by atoms with Crippen molar-refractivity contribution in [1.82, 2.24) is 9.97 Å². The minimum absolute atomic E-state index is 0.200. The average Bonchev–Trinajstić information content (AvgIpc) is 2.49. The lowest BCUT2D eigenvalue weighted by molar-refractivity contribution is 0.469. The summed E-state index contributed by atoms with van der Waals surface area (Å²) in [5.74, 6) is 0.929. The van der Waals surface area contributed by atoms with Crippen molar-refractivity contribution < 1.29 is 5.11 Å². The van der Waals surface area contributed by atoms with Gasteiger partial charge in [0.1, 0.15) is 11.6 Å². The maximum absolute atomic E-state index is 9.76. The van der Waals surface area contributed by atoms with Crippen LogP contribution >= 0.6 is 11.6 Å². The van der Waals surface area contributed by atoms with E-state index in [-0.39, 0.29) is 5.75 Å². The van der Waals surface area contributed by atoms with E-state index < -0.39 is 0 Å². The number of phenols is 1. The topological polar surface area (TPSA) is 46.0 Å². The highest BCUT2D eigenvalue weighted by molar-refractivity contribution is 6.31. The summed E-state index contributed by atoms with van der Waals surface area (Å²) in [5.41, 5.74) is 2.48. The van der Waals surface area contributed by atoms with E-state index in [0.717, 1.165) is 17.2 Å². The molecule has 1 aromatic carbocycles. The van der Waals surface area contributed by atoms with E-state index in [0.29, 0.717) is 17.0 Å². The summed E-state index contributed by atoms with van der Waals surface area (Å²) in [5, 5.41) is 10.3. The molecule has 1 N–H and O–H groups in total. The van der Waals surface area contributed by atoms with E-state index in [1.54, 1.807) is 18.2 Å². The third-order valence-corrected chi connectivity index (χ3v) is 3.32. The predicted molar refractivity (Wildman–Crippen MR) is 97.1 cm³/mol. The van der Waals surface area contributed by atoms with Crippen molar-refractivity contribution in [3.63, 3.8) is 0 Å². The Labute approximate surface area is 143 Å². The van der Waals surface area contributed by atoms with Crippen molar-refractivity contribution in [3.8, 4) is 5.75 Å². The lowest BCUT2D eigenvalue weighted by atomic mass is 10.1. The van der Waals surface area contributed by atoms with E-state index in [1.165, 1.54) is 0 Å². The third kappa shape index (κ3) is 6.66. The van der Waals surface area contributed by atoms with Gasteiger partial charge in [-0.2, -0.15) is 0 Å². The minimum Gasteiger partial charge on any atom is -0.508 e. The maximum Gasteiger partial charge on any atom is 0.125 e. The van der Waals surface area contributed by atoms with Crippen LogP contribution in [-0.4, -0.2) is 15.1 Å². The van der Waals surface area contributed by atoms with Crippen molar-refractivity contribution in [2.24, 2.45) is 0 Å². The molecule has 1 aromatic heterocycles. The average molecular weight is 331 g/mol. The molecule has 0 fully saturated rings. The van der Waals surface area contributed by atoms with Gasteiger partial charge in [-0.1, -0.05) is 42.0 Å². The van der Waals surface area contributed by atoms with Crippen molar-refractivity contribution in [2.45, 2.75) is 34.1 Å². The van der Waals surface area contributed by atoms with Gasteiger partial charge in [0.25, 0.3) is 0 Å². The molecule has 23 heavy (non-hydrogen) atoms. The molecule has 0 aliphatic carbocycles. The van der Waals surface area contributed by atoms with E-state index in [1.807, 2.05) is 58.1 Å². The minimum atomic E-state index is 0.200. The Morgan fingerprint density at radius 1 is 1.09 bits per heavy atom. The molecule has 122 valence electrons. The molecule has 2 aromatic rings. The number of allylic oxidation sites excluding steroid dienone is 4. The Morgan fingerprint density at radius 2 is 1.74 bits per heavy atom. The van der Waals surface area contributed by atoms with Crippen LogP contribution in [0, 0.1) is 13.8 Å². The molecule has 0 radical (unpaired) electrons. The van der Waals surface area contributed by atoms with E-state index in [2.05, 4.69) is 9.97 Å². The number of hydrogen-bond donors (Lipinski definition) is 1. The molecule has 0 saturated heterocycles. The molecule has 0 aliphatic heterocycles. The summed E-state index contributed by atoms with van der Waals surface area (Å²) < 4.78 is 0. The summed E-state index contributed by atoms with van der Waals surface area (Å²) in [6.07, 6.45) is 8.51. The lowest BCUT2D eigenvalue weighted by Crippen LogP contribution is -1.99. The van der Waals surface area contributed by atoms with Crippen LogP contribution in [0.15, 0.2) is 48.6 Å². The number of aromatic nitrogens is 2. The van der Waals surface area contributed by atoms with Crippen LogP contribution in [0.4, 0.5) is 0 Å². The predicted octanol–water partition coefficient (Wildman–Crippen LogP) is 5.18. The first-order valence-electron chi connectivity index (χ1n) is 7.49. The van der Waals surface area contributed by atoms with Gasteiger partial charge in [0.15, 0.2) is 0 Å². The molecule has 0 amide bonds. The zero-order valence-corrected chi connectivity index (χ0v) is 14.8. The number of nitrogens with zero attached hydrogens (tertiary/aromatic N) is 2. The smallest absolute Gasteiger partial charge is 0.125 e. The Hall–Kier alpha value is -2.13. The summed E-state index contributed by atoms with van der Waals surface area (Å²) in [4.78, 5) is 8.54. The molecule has 0 saturated carbocycles. The van der Waals surface area contributed by atoms with Gasteiger partial charge < -0.3 is 5.11 Å². The van der Waals surface area contributed by atoms with Crippen molar-refractivity contribution in [3.05, 3.63) is 76.4 Å². The molecule has 0 bridgehead atoms. The van der Waals surface area contributed by atoms with Gasteiger partial charge in [-0.15, -0.1) is 0 Å². The normalized spacial score (nSPS) is 10.8. The van der Waals surface area contributed by atoms with Crippen molar-refractivity contribution >= 4 is 11.6 Å². The Balaban J connectivity index is 0.000000379. The SMILES string of the molecule is C/C=C\C=C/C.Cc1cc(Cc2c(O)cccc2Cl)nc(C)n1. The number of phenolic OH excluding ortho intramolecular Hbond substituents is 1. The highest BCUT2D eigenvalue weighted by atomic mass is 35.5. The number of aryl methyl sites for hydroxylation is 2. The molecule has 0 unspecified atom stereocenters. The van der Waals surface area contributed by atoms with Crippen LogP contribution in [0.2, 0.25) is 5.02 Å². The number of rotatable bonds is 3. The van der Waals surface area contributed by atoms with Crippen LogP contribution < -0.4 is 0 Å². The first-order valence-corrected chi connectivity index (χ1v) is 7.87. The second-order valence-electron chi connectivity index (χ2n) is 5.01. The van der Waals surface area contributed by atoms with Gasteiger partial charge in [0, 0.05) is 28.4 Å². The van der Waals surface area contributed by atoms with E-state index in [9.17, 15) is 5.11 Å². The van der Waals surface area contributed by atoms with Gasteiger partial charge >= 0.3 is 0 Å². The van der Waals surface area contributed by atoms with Crippen LogP contribution in [0.1, 0.15) is 36.6 Å². The summed E-state index contributed by atoms with van der Waals surface area (Å²) >= 11 is 6.06. The molecule has 3 nitrogen and oxygen atoms in total. The summed E-state index contributed by atoms with van der Waals surface area (Å²) in [6, 6.07) is 7.01. The Morgan fingerprint density at radius 3 is 2.26 bits per heavy atom. The van der Waals surface area contributed by atoms with Crippen LogP contribution in [-0.2, 0) is 6.42 Å². The van der Waals surface area contributed by atoms with Gasteiger partial charge in [-0.3, -0.25) is 0 Å². The monoisotopic (exact) mass is 330 g/mol. The maximum atomic E-state index is 9.76. The Bertz CT molecular complexity index is 643. The second-order valence-corrected chi connectivity index (χ2v) is 5.42. The molecular weight excluding hydrogens is 308 g/mol. The molecule has 1 heterocycles. The molecule has 0 atom stereocenters. The quantitative estimate of drug-likeness (QED) is 0.788. The first kappa shape index (κ1) is 18.9. The van der Waals surface area contributed by atoms with Gasteiger partial charge in [-0.05, 0) is 45.9 Å². The second kappa shape index (κ2) is 9.80. The fourth-order valence-electron chi connectivity index (χ4n) is 2.01. The third-order valence-electron chi connectivity index (χ3n) is 2.97. The zero-order valence-electron chi connectivity index (χ0n) is 14.0. The Kier molecular flexibility index (Phi) is 8.06. The molecule has 2 rings (SSSR count). The number of halogens is 1. The fraction of sp³-hybridized carbons (Fsp3) is 0.263. The molecular formula is C19H23ClN2O. The van der Waals surface area contributed by atoms with Crippen LogP contribution in [0.25, 0.3) is 0 Å². The number of aromatic hydroxyl groups is 1. The number of benzene rings is 1. The van der Waals surface area contributed by atoms with E-state index in [4.69, 9.17) is 11.6 Å². The number of hydrogen-bond acceptors (Lipinski definition) is 3. The van der Waals surface area contributed by atoms with Crippen LogP contribution in [0.3, 0.4) is 0 Å². The van der Waals surface area contributed by atoms with Crippen LogP contribution in [0.5, 0.6) is 5.75 Å². The lowest BCUT2D eigenvalue weighted by Gasteiger charge is -2.07. The van der Waals surface area contributed by atoms with Crippen molar-refractivity contribution in [1.29, 1.82) is 0 Å². The molecule has 0 aliphatic rings. The molecule has 4 heteroatoms. The fourth-order valence-corrected chi connectivity index (χ4v) is 2.25. The standard InChI is InChI=1S/C13H13ClN2O.C6H10/c1-8-6-10(16-9(2)15-8)7-11-12(14)4-3-5-13(11)17;1-3-5-6-4-2/h3-6,17H,7H2,1-2H3;3-6H,1-2H3/b;5-3-,6-4-. The highest BCUT2D eigenvalue weighted by Gasteiger charge is 2.08. The van der Waals surface area contributed by atoms with Gasteiger partial charge in [-0.25, -0.2) is 9.97 Å². The van der Waals surface area contributed by atoms with Crippen molar-refractivity contribution in [2.75, 3.05) is 0 Å². The van der Waals surface area contributed by atoms with Gasteiger partial charge in [0.05, 0.1) is 0 Å². The summed E-state index contributed by atoms with van der Waals surface area (Å²) in [7, 11) is 0. The summed E-state index contributed by atoms with van der Waals surface area (Å²) in [6.45, 7) is 7.77. The van der Waals surface area contributed by atoms with Gasteiger partial charge in [0.2, 0.25) is 0 Å². The zero-order chi connectivity index (χ0) is 17.2.